The number of aryl methyl sites for hydroxylation is 1. The van der Waals surface area contributed by atoms with Crippen LogP contribution in [0.3, 0.4) is 0 Å². The predicted octanol–water partition coefficient (Wildman–Crippen LogP) is 3.62. The average Bonchev–Trinajstić information content (AvgIpc) is 2.82. The summed E-state index contributed by atoms with van der Waals surface area (Å²) in [4.78, 5) is 36.5. The van der Waals surface area contributed by atoms with E-state index in [9.17, 15) is 22.8 Å². The maximum atomic E-state index is 13.2. The van der Waals surface area contributed by atoms with E-state index in [-0.39, 0.29) is 27.3 Å². The summed E-state index contributed by atoms with van der Waals surface area (Å²) in [5.41, 5.74) is 1.27. The fourth-order valence-corrected chi connectivity index (χ4v) is 4.27. The molecule has 0 heterocycles. The van der Waals surface area contributed by atoms with Gasteiger partial charge in [-0.15, -0.1) is 0 Å². The second-order valence-electron chi connectivity index (χ2n) is 7.20. The summed E-state index contributed by atoms with van der Waals surface area (Å²) in [5.74, 6) is -2.19. The Morgan fingerprint density at radius 1 is 0.794 bits per heavy atom. The minimum absolute atomic E-state index is 0.00995. The zero-order valence-corrected chi connectivity index (χ0v) is 19.4. The molecule has 0 aliphatic carbocycles. The largest absolute Gasteiger partial charge is 0.465 e. The van der Waals surface area contributed by atoms with Crippen molar-refractivity contribution < 1.29 is 32.3 Å². The van der Waals surface area contributed by atoms with E-state index in [1.165, 1.54) is 18.2 Å². The number of amides is 1. The maximum absolute atomic E-state index is 13.2. The zero-order chi connectivity index (χ0) is 24.9. The minimum Gasteiger partial charge on any atom is -0.465 e. The summed E-state index contributed by atoms with van der Waals surface area (Å²) < 4.78 is 38.0. The molecule has 9 nitrogen and oxygen atoms in total. The Labute approximate surface area is 196 Å². The van der Waals surface area contributed by atoms with Crippen molar-refractivity contribution in [2.75, 3.05) is 24.3 Å². The van der Waals surface area contributed by atoms with Crippen molar-refractivity contribution in [3.8, 4) is 0 Å². The monoisotopic (exact) mass is 482 g/mol. The number of anilines is 2. The van der Waals surface area contributed by atoms with Gasteiger partial charge in [-0.1, -0.05) is 24.3 Å². The van der Waals surface area contributed by atoms with E-state index in [2.05, 4.69) is 19.5 Å². The minimum atomic E-state index is -4.32. The molecule has 0 unspecified atom stereocenters. The van der Waals surface area contributed by atoms with Crippen LogP contribution in [0.2, 0.25) is 0 Å². The van der Waals surface area contributed by atoms with Crippen LogP contribution in [0.1, 0.15) is 36.6 Å². The van der Waals surface area contributed by atoms with Crippen LogP contribution in [0.25, 0.3) is 0 Å². The number of benzene rings is 3. The Bertz CT molecular complexity index is 1330. The van der Waals surface area contributed by atoms with Gasteiger partial charge in [0.1, 0.15) is 0 Å². The van der Waals surface area contributed by atoms with Gasteiger partial charge in [0, 0.05) is 5.69 Å². The lowest BCUT2D eigenvalue weighted by molar-refractivity contribution is 0.0598. The first-order valence-electron chi connectivity index (χ1n) is 9.96. The van der Waals surface area contributed by atoms with Gasteiger partial charge in [-0.3, -0.25) is 9.52 Å². The Balaban J connectivity index is 1.98. The molecule has 176 valence electrons. The first-order chi connectivity index (χ1) is 16.1. The highest BCUT2D eigenvalue weighted by Crippen LogP contribution is 2.24. The number of esters is 2. The predicted molar refractivity (Wildman–Crippen MR) is 126 cm³/mol. The van der Waals surface area contributed by atoms with Crippen molar-refractivity contribution >= 4 is 39.2 Å². The molecule has 0 saturated carbocycles. The summed E-state index contributed by atoms with van der Waals surface area (Å²) >= 11 is 0. The average molecular weight is 483 g/mol. The van der Waals surface area contributed by atoms with Crippen LogP contribution in [0.15, 0.2) is 71.6 Å². The van der Waals surface area contributed by atoms with Crippen LogP contribution >= 0.6 is 0 Å². The van der Waals surface area contributed by atoms with Crippen LogP contribution in [0.4, 0.5) is 11.4 Å². The number of nitrogens with one attached hydrogen (secondary N) is 2. The topological polar surface area (TPSA) is 128 Å². The standard InChI is InChI=1S/C24H22N2O7S/c1-15-7-6-8-18(11-15)25-22(27)20-9-4-5-10-21(20)26-34(30,31)19-13-16(23(28)32-2)12-17(14-19)24(29)33-3/h4-14,26H,1-3H3,(H,25,27). The SMILES string of the molecule is COC(=O)c1cc(C(=O)OC)cc(S(=O)(=O)Nc2ccccc2C(=O)Nc2cccc(C)c2)c1. The highest BCUT2D eigenvalue weighted by atomic mass is 32.2. The van der Waals surface area contributed by atoms with Crippen molar-refractivity contribution in [3.63, 3.8) is 0 Å². The number of carbonyl (C=O) groups is 3. The van der Waals surface area contributed by atoms with E-state index in [0.717, 1.165) is 31.9 Å². The van der Waals surface area contributed by atoms with Crippen LogP contribution in [0.5, 0.6) is 0 Å². The molecular formula is C24H22N2O7S. The number of hydrogen-bond acceptors (Lipinski definition) is 7. The smallest absolute Gasteiger partial charge is 0.337 e. The van der Waals surface area contributed by atoms with Crippen molar-refractivity contribution in [3.05, 3.63) is 89.0 Å². The number of rotatable bonds is 7. The van der Waals surface area contributed by atoms with Crippen molar-refractivity contribution in [2.45, 2.75) is 11.8 Å². The van der Waals surface area contributed by atoms with E-state index in [4.69, 9.17) is 0 Å². The molecular weight excluding hydrogens is 460 g/mol. The van der Waals surface area contributed by atoms with Gasteiger partial charge < -0.3 is 14.8 Å². The van der Waals surface area contributed by atoms with Gasteiger partial charge in [-0.05, 0) is 55.0 Å². The highest BCUT2D eigenvalue weighted by Gasteiger charge is 2.23. The Morgan fingerprint density at radius 3 is 2.00 bits per heavy atom. The molecule has 34 heavy (non-hydrogen) atoms. The second-order valence-corrected chi connectivity index (χ2v) is 8.89. The van der Waals surface area contributed by atoms with Gasteiger partial charge in [0.15, 0.2) is 0 Å². The van der Waals surface area contributed by atoms with Crippen molar-refractivity contribution in [1.29, 1.82) is 0 Å². The summed E-state index contributed by atoms with van der Waals surface area (Å²) in [6.45, 7) is 1.88. The molecule has 0 atom stereocenters. The fourth-order valence-electron chi connectivity index (χ4n) is 3.12. The number of ether oxygens (including phenoxy) is 2. The maximum Gasteiger partial charge on any atom is 0.337 e. The molecule has 0 saturated heterocycles. The van der Waals surface area contributed by atoms with Gasteiger partial charge in [-0.25, -0.2) is 18.0 Å². The van der Waals surface area contributed by atoms with Gasteiger partial charge >= 0.3 is 11.9 Å². The summed E-state index contributed by atoms with van der Waals surface area (Å²) in [6.07, 6.45) is 0. The quantitative estimate of drug-likeness (QED) is 0.492. The number of methoxy groups -OCH3 is 2. The molecule has 3 aromatic carbocycles. The van der Waals surface area contributed by atoms with Crippen molar-refractivity contribution in [1.82, 2.24) is 0 Å². The second kappa shape index (κ2) is 10.2. The van der Waals surface area contributed by atoms with Crippen LogP contribution in [-0.2, 0) is 19.5 Å². The van der Waals surface area contributed by atoms with Crippen LogP contribution in [0, 0.1) is 6.92 Å². The molecule has 2 N–H and O–H groups in total. The number of carbonyl (C=O) groups excluding carboxylic acids is 3. The normalized spacial score (nSPS) is 10.8. The first-order valence-corrected chi connectivity index (χ1v) is 11.4. The Hall–Kier alpha value is -4.18. The third-order valence-corrected chi connectivity index (χ3v) is 6.10. The van der Waals surface area contributed by atoms with Gasteiger partial charge in [0.25, 0.3) is 15.9 Å². The fraction of sp³-hybridized carbons (Fsp3) is 0.125. The molecule has 0 radical (unpaired) electrons. The Morgan fingerprint density at radius 2 is 1.41 bits per heavy atom. The summed E-state index contributed by atoms with van der Waals surface area (Å²) in [7, 11) is -2.07. The van der Waals surface area contributed by atoms with Gasteiger partial charge in [-0.2, -0.15) is 0 Å². The molecule has 0 aliphatic heterocycles. The van der Waals surface area contributed by atoms with Crippen LogP contribution < -0.4 is 10.0 Å². The number of hydrogen-bond donors (Lipinski definition) is 2. The zero-order valence-electron chi connectivity index (χ0n) is 18.6. The Kier molecular flexibility index (Phi) is 7.32. The first kappa shape index (κ1) is 24.5. The lowest BCUT2D eigenvalue weighted by Crippen LogP contribution is -2.19. The lowest BCUT2D eigenvalue weighted by atomic mass is 10.1. The summed E-state index contributed by atoms with van der Waals surface area (Å²) in [6, 6.07) is 16.5. The third-order valence-electron chi connectivity index (χ3n) is 4.75. The number of sulfonamides is 1. The summed E-state index contributed by atoms with van der Waals surface area (Å²) in [5, 5.41) is 2.73. The van der Waals surface area contributed by atoms with Crippen LogP contribution in [-0.4, -0.2) is 40.5 Å². The third kappa shape index (κ3) is 5.59. The number of para-hydroxylation sites is 1. The van der Waals surface area contributed by atoms with E-state index in [1.54, 1.807) is 30.3 Å². The van der Waals surface area contributed by atoms with E-state index < -0.39 is 27.9 Å². The molecule has 3 aromatic rings. The molecule has 1 amide bonds. The van der Waals surface area contributed by atoms with E-state index in [0.29, 0.717) is 5.69 Å². The van der Waals surface area contributed by atoms with E-state index >= 15 is 0 Å². The lowest BCUT2D eigenvalue weighted by Gasteiger charge is -2.14. The molecule has 0 bridgehead atoms. The van der Waals surface area contributed by atoms with Gasteiger partial charge in [0.2, 0.25) is 0 Å². The van der Waals surface area contributed by atoms with Crippen molar-refractivity contribution in [2.24, 2.45) is 0 Å². The molecule has 0 aliphatic rings. The van der Waals surface area contributed by atoms with E-state index in [1.807, 2.05) is 13.0 Å². The molecule has 0 fully saturated rings. The molecule has 3 rings (SSSR count). The molecule has 0 spiro atoms. The van der Waals surface area contributed by atoms with Gasteiger partial charge in [0.05, 0.1) is 41.5 Å². The molecule has 0 aromatic heterocycles. The molecule has 10 heteroatoms. The highest BCUT2D eigenvalue weighted by molar-refractivity contribution is 7.92.